The molecule has 0 radical (unpaired) electrons. The Balaban J connectivity index is 3.81. The monoisotopic (exact) mass is 182 g/mol. The number of hydrogen-bond donors (Lipinski definition) is 0. The van der Waals surface area contributed by atoms with Gasteiger partial charge in [-0.05, 0) is 19.3 Å². The summed E-state index contributed by atoms with van der Waals surface area (Å²) < 4.78 is 4.51. The van der Waals surface area contributed by atoms with Gasteiger partial charge in [-0.25, -0.2) is 4.79 Å². The second-order valence-electron chi connectivity index (χ2n) is 2.56. The highest BCUT2D eigenvalue weighted by Crippen LogP contribution is 2.08. The van der Waals surface area contributed by atoms with E-state index in [0.717, 1.165) is 19.1 Å². The number of hydrogen-bond acceptors (Lipinski definition) is 3. The van der Waals surface area contributed by atoms with Crippen molar-refractivity contribution in [2.24, 2.45) is 0 Å². The Morgan fingerprint density at radius 2 is 2.23 bits per heavy atom. The first-order valence-electron chi connectivity index (χ1n) is 4.17. The number of ether oxygens (including phenoxy) is 1. The van der Waals surface area contributed by atoms with Crippen molar-refractivity contribution >= 4 is 12.3 Å². The molecule has 0 rings (SSSR count). The molecule has 72 valence electrons. The molecule has 0 aliphatic rings. The molecule has 0 saturated heterocycles. The maximum absolute atomic E-state index is 11.0. The van der Waals surface area contributed by atoms with Gasteiger partial charge in [-0.2, -0.15) is 0 Å². The molecule has 0 atom stereocenters. The van der Waals surface area contributed by atoms with Gasteiger partial charge in [0.1, 0.15) is 6.29 Å². The Bertz CT molecular complexity index is 224. The highest BCUT2D eigenvalue weighted by Gasteiger charge is 2.07. The molecule has 0 bridgehead atoms. The first-order valence-corrected chi connectivity index (χ1v) is 4.17. The summed E-state index contributed by atoms with van der Waals surface area (Å²) in [7, 11) is 1.32. The predicted octanol–water partition coefficient (Wildman–Crippen LogP) is 1.63. The molecule has 13 heavy (non-hydrogen) atoms. The molecule has 0 N–H and O–H groups in total. The number of esters is 1. The molecule has 0 aliphatic carbocycles. The van der Waals surface area contributed by atoms with Gasteiger partial charge in [0.25, 0.3) is 0 Å². The fraction of sp³-hybridized carbons (Fsp3) is 0.500. The Morgan fingerprint density at radius 3 is 2.69 bits per heavy atom. The van der Waals surface area contributed by atoms with Crippen molar-refractivity contribution in [3.05, 3.63) is 17.9 Å². The largest absolute Gasteiger partial charge is 0.465 e. The average Bonchev–Trinajstić information content (AvgIpc) is 2.17. The van der Waals surface area contributed by atoms with Gasteiger partial charge >= 0.3 is 5.97 Å². The zero-order valence-electron chi connectivity index (χ0n) is 7.84. The minimum Gasteiger partial charge on any atom is -0.465 e. The van der Waals surface area contributed by atoms with Crippen LogP contribution in [0.25, 0.3) is 0 Å². The summed E-state index contributed by atoms with van der Waals surface area (Å²) in [6, 6.07) is 0. The van der Waals surface area contributed by atoms with Gasteiger partial charge in [0.05, 0.1) is 12.7 Å². The number of methoxy groups -OCH3 is 1. The van der Waals surface area contributed by atoms with Crippen molar-refractivity contribution < 1.29 is 14.3 Å². The SMILES string of the molecule is C=C=C(CCCCC=O)C(=O)OC. The summed E-state index contributed by atoms with van der Waals surface area (Å²) >= 11 is 0. The molecule has 0 aromatic rings. The highest BCUT2D eigenvalue weighted by molar-refractivity contribution is 5.87. The standard InChI is InChI=1S/C10H14O3/c1-3-9(10(12)13-2)7-5-4-6-8-11/h8H,1,4-7H2,2H3. The van der Waals surface area contributed by atoms with Gasteiger partial charge in [0, 0.05) is 6.42 Å². The molecule has 3 heteroatoms. The van der Waals surface area contributed by atoms with E-state index in [9.17, 15) is 9.59 Å². The van der Waals surface area contributed by atoms with Crippen molar-refractivity contribution in [2.75, 3.05) is 7.11 Å². The fourth-order valence-electron chi connectivity index (χ4n) is 0.915. The summed E-state index contributed by atoms with van der Waals surface area (Å²) in [4.78, 5) is 21.0. The number of carbonyl (C=O) groups excluding carboxylic acids is 2. The average molecular weight is 182 g/mol. The van der Waals surface area contributed by atoms with Crippen LogP contribution in [0, 0.1) is 0 Å². The molecule has 0 fully saturated rings. The first kappa shape index (κ1) is 11.7. The molecule has 0 spiro atoms. The molecule has 0 aromatic heterocycles. The van der Waals surface area contributed by atoms with E-state index in [1.165, 1.54) is 7.11 Å². The number of rotatable bonds is 6. The van der Waals surface area contributed by atoms with Crippen LogP contribution in [0.5, 0.6) is 0 Å². The Morgan fingerprint density at radius 1 is 1.54 bits per heavy atom. The van der Waals surface area contributed by atoms with Gasteiger partial charge in [-0.3, -0.25) is 0 Å². The van der Waals surface area contributed by atoms with Crippen LogP contribution < -0.4 is 0 Å². The second-order valence-corrected chi connectivity index (χ2v) is 2.56. The highest BCUT2D eigenvalue weighted by atomic mass is 16.5. The van der Waals surface area contributed by atoms with E-state index in [-0.39, 0.29) is 5.97 Å². The minimum atomic E-state index is -0.388. The van der Waals surface area contributed by atoms with Crippen LogP contribution in [0.15, 0.2) is 17.9 Å². The number of unbranched alkanes of at least 4 members (excludes halogenated alkanes) is 2. The van der Waals surface area contributed by atoms with Crippen LogP contribution >= 0.6 is 0 Å². The fourth-order valence-corrected chi connectivity index (χ4v) is 0.915. The molecule has 0 amide bonds. The van der Waals surface area contributed by atoms with Crippen molar-refractivity contribution in [1.82, 2.24) is 0 Å². The van der Waals surface area contributed by atoms with Crippen LogP contribution in [0.3, 0.4) is 0 Å². The lowest BCUT2D eigenvalue weighted by Crippen LogP contribution is -2.03. The topological polar surface area (TPSA) is 43.4 Å². The van der Waals surface area contributed by atoms with E-state index in [1.54, 1.807) is 0 Å². The third kappa shape index (κ3) is 4.99. The van der Waals surface area contributed by atoms with Gasteiger partial charge in [0.2, 0.25) is 0 Å². The molecule has 3 nitrogen and oxygen atoms in total. The lowest BCUT2D eigenvalue weighted by Gasteiger charge is -2.00. The summed E-state index contributed by atoms with van der Waals surface area (Å²) in [5, 5.41) is 0. The van der Waals surface area contributed by atoms with Crippen molar-refractivity contribution in [3.63, 3.8) is 0 Å². The summed E-state index contributed by atoms with van der Waals surface area (Å²) in [6.45, 7) is 3.40. The molecule has 0 saturated carbocycles. The van der Waals surface area contributed by atoms with Crippen molar-refractivity contribution in [1.29, 1.82) is 0 Å². The normalized spacial score (nSPS) is 8.69. The van der Waals surface area contributed by atoms with E-state index in [0.29, 0.717) is 18.4 Å². The van der Waals surface area contributed by atoms with Crippen LogP contribution in [-0.2, 0) is 14.3 Å². The Kier molecular flexibility index (Phi) is 6.56. The van der Waals surface area contributed by atoms with E-state index in [1.807, 2.05) is 0 Å². The van der Waals surface area contributed by atoms with E-state index < -0.39 is 0 Å². The lowest BCUT2D eigenvalue weighted by atomic mass is 10.1. The second kappa shape index (κ2) is 7.32. The minimum absolute atomic E-state index is 0.388. The van der Waals surface area contributed by atoms with Crippen LogP contribution in [0.2, 0.25) is 0 Å². The Labute approximate surface area is 78.1 Å². The molecule has 0 aliphatic heterocycles. The van der Waals surface area contributed by atoms with Crippen LogP contribution in [-0.4, -0.2) is 19.4 Å². The third-order valence-corrected chi connectivity index (χ3v) is 1.64. The summed E-state index contributed by atoms with van der Waals surface area (Å²) in [5.74, 6) is -0.388. The maximum Gasteiger partial charge on any atom is 0.341 e. The number of aldehydes is 1. The van der Waals surface area contributed by atoms with Gasteiger partial charge in [0.15, 0.2) is 0 Å². The molecule has 0 heterocycles. The summed E-state index contributed by atoms with van der Waals surface area (Å²) in [5.41, 5.74) is 2.99. The van der Waals surface area contributed by atoms with Gasteiger partial charge in [-0.1, -0.05) is 6.58 Å². The zero-order chi connectivity index (χ0) is 10.1. The molecular formula is C10H14O3. The Hall–Kier alpha value is -1.34. The van der Waals surface area contributed by atoms with Crippen molar-refractivity contribution in [3.8, 4) is 0 Å². The quantitative estimate of drug-likeness (QED) is 0.206. The molecule has 0 unspecified atom stereocenters. The molecule has 0 aromatic carbocycles. The van der Waals surface area contributed by atoms with Crippen molar-refractivity contribution in [2.45, 2.75) is 25.7 Å². The van der Waals surface area contributed by atoms with E-state index in [4.69, 9.17) is 0 Å². The van der Waals surface area contributed by atoms with Gasteiger partial charge in [-0.15, -0.1) is 5.73 Å². The van der Waals surface area contributed by atoms with E-state index in [2.05, 4.69) is 17.0 Å². The van der Waals surface area contributed by atoms with Crippen LogP contribution in [0.1, 0.15) is 25.7 Å². The third-order valence-electron chi connectivity index (χ3n) is 1.64. The smallest absolute Gasteiger partial charge is 0.341 e. The predicted molar refractivity (Wildman–Crippen MR) is 49.2 cm³/mol. The van der Waals surface area contributed by atoms with Crippen LogP contribution in [0.4, 0.5) is 0 Å². The maximum atomic E-state index is 11.0. The zero-order valence-corrected chi connectivity index (χ0v) is 7.84. The van der Waals surface area contributed by atoms with Gasteiger partial charge < -0.3 is 9.53 Å². The lowest BCUT2D eigenvalue weighted by molar-refractivity contribution is -0.136. The molecular weight excluding hydrogens is 168 g/mol. The first-order chi connectivity index (χ1) is 6.26. The van der Waals surface area contributed by atoms with E-state index >= 15 is 0 Å². The summed E-state index contributed by atoms with van der Waals surface area (Å²) in [6.07, 6.45) is 3.54. The number of carbonyl (C=O) groups is 2.